The molecule has 0 aromatic heterocycles. The highest BCUT2D eigenvalue weighted by molar-refractivity contribution is 7.99. The summed E-state index contributed by atoms with van der Waals surface area (Å²) in [5.74, 6) is 1.34. The van der Waals surface area contributed by atoms with Crippen molar-refractivity contribution in [2.75, 3.05) is 24.7 Å². The lowest BCUT2D eigenvalue weighted by molar-refractivity contribution is -0.134. The van der Waals surface area contributed by atoms with Crippen LogP contribution in [0.1, 0.15) is 12.5 Å². The van der Waals surface area contributed by atoms with Gasteiger partial charge in [0.15, 0.2) is 0 Å². The SMILES string of the molecule is Cc1ccccc1SC[C@@H](C)CN[C@@H]1COc2ccccc2SC1.O=C(O)/C=C\C(=O)O. The van der Waals surface area contributed by atoms with E-state index in [4.69, 9.17) is 14.9 Å². The first-order chi connectivity index (χ1) is 15.3. The number of ether oxygens (including phenoxy) is 1. The third kappa shape index (κ3) is 9.80. The van der Waals surface area contributed by atoms with Crippen molar-refractivity contribution in [3.05, 3.63) is 66.2 Å². The van der Waals surface area contributed by atoms with Gasteiger partial charge >= 0.3 is 11.9 Å². The molecule has 172 valence electrons. The first kappa shape index (κ1) is 25.8. The van der Waals surface area contributed by atoms with Crippen LogP contribution in [-0.4, -0.2) is 52.9 Å². The minimum absolute atomic E-state index is 0.410. The number of rotatable bonds is 8. The molecule has 0 bridgehead atoms. The molecule has 6 nitrogen and oxygen atoms in total. The Balaban J connectivity index is 0.000000390. The van der Waals surface area contributed by atoms with Crippen LogP contribution in [0.25, 0.3) is 0 Å². The summed E-state index contributed by atoms with van der Waals surface area (Å²) in [6, 6.07) is 17.4. The van der Waals surface area contributed by atoms with Gasteiger partial charge in [0, 0.05) is 33.4 Å². The molecule has 1 heterocycles. The molecule has 2 atom stereocenters. The van der Waals surface area contributed by atoms with E-state index < -0.39 is 11.9 Å². The largest absolute Gasteiger partial charge is 0.491 e. The Morgan fingerprint density at radius 1 is 1.16 bits per heavy atom. The summed E-state index contributed by atoms with van der Waals surface area (Å²) in [6.07, 6.45) is 1.12. The lowest BCUT2D eigenvalue weighted by atomic mass is 10.2. The van der Waals surface area contributed by atoms with E-state index in [0.717, 1.165) is 30.4 Å². The van der Waals surface area contributed by atoms with Crippen LogP contribution in [0.2, 0.25) is 0 Å². The van der Waals surface area contributed by atoms with Gasteiger partial charge in [-0.15, -0.1) is 23.5 Å². The van der Waals surface area contributed by atoms with Gasteiger partial charge in [-0.25, -0.2) is 9.59 Å². The number of nitrogens with one attached hydrogen (secondary N) is 1. The monoisotopic (exact) mass is 475 g/mol. The molecule has 0 aliphatic carbocycles. The van der Waals surface area contributed by atoms with E-state index in [-0.39, 0.29) is 0 Å². The Bertz CT molecular complexity index is 876. The molecule has 3 rings (SSSR count). The molecule has 0 unspecified atom stereocenters. The Labute approximate surface area is 197 Å². The molecule has 1 aliphatic rings. The Morgan fingerprint density at radius 2 is 1.81 bits per heavy atom. The zero-order valence-corrected chi connectivity index (χ0v) is 19.8. The van der Waals surface area contributed by atoms with Gasteiger partial charge < -0.3 is 20.3 Å². The van der Waals surface area contributed by atoms with Crippen molar-refractivity contribution >= 4 is 35.5 Å². The molecule has 0 radical (unpaired) electrons. The molecule has 0 amide bonds. The fourth-order valence-electron chi connectivity index (χ4n) is 2.76. The third-order valence-corrected chi connectivity index (χ3v) is 7.19. The third-order valence-electron chi connectivity index (χ3n) is 4.47. The minimum Gasteiger partial charge on any atom is -0.491 e. The van der Waals surface area contributed by atoms with Gasteiger partial charge in [0.05, 0.1) is 6.04 Å². The molecule has 0 fully saturated rings. The van der Waals surface area contributed by atoms with E-state index in [1.165, 1.54) is 15.4 Å². The van der Waals surface area contributed by atoms with Crippen molar-refractivity contribution in [1.82, 2.24) is 5.32 Å². The summed E-state index contributed by atoms with van der Waals surface area (Å²) in [6.45, 7) is 6.28. The predicted molar refractivity (Wildman–Crippen MR) is 130 cm³/mol. The van der Waals surface area contributed by atoms with Crippen molar-refractivity contribution in [1.29, 1.82) is 0 Å². The van der Waals surface area contributed by atoms with Crippen LogP contribution in [0.5, 0.6) is 5.75 Å². The molecule has 8 heteroatoms. The van der Waals surface area contributed by atoms with Crippen LogP contribution >= 0.6 is 23.5 Å². The van der Waals surface area contributed by atoms with Crippen LogP contribution in [-0.2, 0) is 9.59 Å². The quantitative estimate of drug-likeness (QED) is 0.377. The summed E-state index contributed by atoms with van der Waals surface area (Å²) in [5, 5.41) is 19.3. The number of benzene rings is 2. The second-order valence-electron chi connectivity index (χ2n) is 7.37. The zero-order chi connectivity index (χ0) is 23.3. The zero-order valence-electron chi connectivity index (χ0n) is 18.2. The normalized spacial score (nSPS) is 16.1. The van der Waals surface area contributed by atoms with E-state index in [1.54, 1.807) is 0 Å². The Hall–Kier alpha value is -2.42. The molecule has 2 aromatic carbocycles. The van der Waals surface area contributed by atoms with E-state index in [1.807, 2.05) is 29.6 Å². The second-order valence-corrected chi connectivity index (χ2v) is 9.49. The minimum atomic E-state index is -1.26. The predicted octanol–water partition coefficient (Wildman–Crippen LogP) is 4.58. The van der Waals surface area contributed by atoms with Crippen molar-refractivity contribution in [2.24, 2.45) is 5.92 Å². The first-order valence-electron chi connectivity index (χ1n) is 10.3. The Kier molecular flexibility index (Phi) is 11.2. The maximum Gasteiger partial charge on any atom is 0.328 e. The lowest BCUT2D eigenvalue weighted by Gasteiger charge is -2.19. The average Bonchev–Trinajstić information content (AvgIpc) is 2.98. The van der Waals surface area contributed by atoms with Crippen molar-refractivity contribution in [3.8, 4) is 5.75 Å². The first-order valence-corrected chi connectivity index (χ1v) is 12.2. The van der Waals surface area contributed by atoms with Crippen LogP contribution in [0, 0.1) is 12.8 Å². The summed E-state index contributed by atoms with van der Waals surface area (Å²) in [7, 11) is 0. The van der Waals surface area contributed by atoms with Crippen LogP contribution in [0.15, 0.2) is 70.5 Å². The number of carboxylic acid groups (broad SMARTS) is 2. The smallest absolute Gasteiger partial charge is 0.328 e. The van der Waals surface area contributed by atoms with Gasteiger partial charge in [-0.05, 0) is 43.1 Å². The van der Waals surface area contributed by atoms with Crippen molar-refractivity contribution < 1.29 is 24.5 Å². The number of thioether (sulfide) groups is 2. The number of aryl methyl sites for hydroxylation is 1. The number of carbonyl (C=O) groups is 2. The highest BCUT2D eigenvalue weighted by Crippen LogP contribution is 2.32. The number of hydrogen-bond donors (Lipinski definition) is 3. The van der Waals surface area contributed by atoms with E-state index in [2.05, 4.69) is 61.6 Å². The van der Waals surface area contributed by atoms with Gasteiger partial charge in [-0.3, -0.25) is 0 Å². The number of para-hydroxylation sites is 1. The highest BCUT2D eigenvalue weighted by Gasteiger charge is 2.17. The molecule has 1 aliphatic heterocycles. The molecule has 0 spiro atoms. The van der Waals surface area contributed by atoms with E-state index in [9.17, 15) is 9.59 Å². The van der Waals surface area contributed by atoms with Crippen molar-refractivity contribution in [3.63, 3.8) is 0 Å². The molecular weight excluding hydrogens is 446 g/mol. The van der Waals surface area contributed by atoms with Gasteiger partial charge in [0.25, 0.3) is 0 Å². The molecule has 3 N–H and O–H groups in total. The standard InChI is InChI=1S/C20H25NOS2.C4H4O4/c1-15(13-23-19-9-5-3-7-16(19)2)11-21-17-12-22-18-8-4-6-10-20(18)24-14-17;5-3(6)1-2-4(7)8/h3-10,15,17,21H,11-14H2,1-2H3;1-2H,(H,5,6)(H,7,8)/b;2-1-/t15-,17+;/m0./s1. The average molecular weight is 476 g/mol. The number of carboxylic acids is 2. The summed E-state index contributed by atoms with van der Waals surface area (Å²) in [4.78, 5) is 21.8. The fraction of sp³-hybridized carbons (Fsp3) is 0.333. The van der Waals surface area contributed by atoms with Crippen molar-refractivity contribution in [2.45, 2.75) is 29.7 Å². The Morgan fingerprint density at radius 3 is 2.50 bits per heavy atom. The topological polar surface area (TPSA) is 95.9 Å². The van der Waals surface area contributed by atoms with E-state index >= 15 is 0 Å². The molecule has 0 saturated carbocycles. The summed E-state index contributed by atoms with van der Waals surface area (Å²) < 4.78 is 5.95. The molecular formula is C24H29NO5S2. The number of fused-ring (bicyclic) bond motifs is 1. The number of hydrogen-bond acceptors (Lipinski definition) is 6. The molecule has 0 saturated heterocycles. The number of aliphatic carboxylic acids is 2. The highest BCUT2D eigenvalue weighted by atomic mass is 32.2. The second kappa shape index (κ2) is 13.9. The van der Waals surface area contributed by atoms with Crippen LogP contribution in [0.3, 0.4) is 0 Å². The fourth-order valence-corrected chi connectivity index (χ4v) is 4.85. The molecule has 2 aromatic rings. The van der Waals surface area contributed by atoms with Gasteiger partial charge in [0.1, 0.15) is 12.4 Å². The van der Waals surface area contributed by atoms with Crippen LogP contribution in [0.4, 0.5) is 0 Å². The van der Waals surface area contributed by atoms with E-state index in [0.29, 0.717) is 24.1 Å². The molecule has 32 heavy (non-hydrogen) atoms. The maximum absolute atomic E-state index is 9.55. The van der Waals surface area contributed by atoms with Gasteiger partial charge in [-0.2, -0.15) is 0 Å². The maximum atomic E-state index is 9.55. The van der Waals surface area contributed by atoms with Gasteiger partial charge in [-0.1, -0.05) is 37.3 Å². The van der Waals surface area contributed by atoms with Crippen LogP contribution < -0.4 is 10.1 Å². The van der Waals surface area contributed by atoms with Gasteiger partial charge in [0.2, 0.25) is 0 Å². The summed E-state index contributed by atoms with van der Waals surface area (Å²) >= 11 is 3.85. The summed E-state index contributed by atoms with van der Waals surface area (Å²) in [5.41, 5.74) is 1.37. The lowest BCUT2D eigenvalue weighted by Crippen LogP contribution is -2.39.